The lowest BCUT2D eigenvalue weighted by atomic mass is 9.84. The Balaban J connectivity index is 1.66. The van der Waals surface area contributed by atoms with Crippen molar-refractivity contribution in [2.24, 2.45) is 5.92 Å². The first kappa shape index (κ1) is 13.6. The lowest BCUT2D eigenvalue weighted by molar-refractivity contribution is 0.297. The van der Waals surface area contributed by atoms with Gasteiger partial charge in [0.05, 0.1) is 13.2 Å². The lowest BCUT2D eigenvalue weighted by Crippen LogP contribution is -2.27. The minimum absolute atomic E-state index is 0.610. The molecule has 20 heavy (non-hydrogen) atoms. The van der Waals surface area contributed by atoms with Gasteiger partial charge in [-0.3, -0.25) is 0 Å². The number of anilines is 1. The topological polar surface area (TPSA) is 30.5 Å². The van der Waals surface area contributed by atoms with Crippen LogP contribution in [0.3, 0.4) is 0 Å². The van der Waals surface area contributed by atoms with Crippen molar-refractivity contribution in [3.63, 3.8) is 0 Å². The van der Waals surface area contributed by atoms with Gasteiger partial charge in [-0.2, -0.15) is 0 Å². The van der Waals surface area contributed by atoms with Crippen LogP contribution >= 0.6 is 0 Å². The second kappa shape index (κ2) is 6.38. The van der Waals surface area contributed by atoms with Crippen molar-refractivity contribution in [1.82, 2.24) is 0 Å². The van der Waals surface area contributed by atoms with E-state index in [9.17, 15) is 0 Å². The zero-order chi connectivity index (χ0) is 13.8. The van der Waals surface area contributed by atoms with E-state index in [-0.39, 0.29) is 0 Å². The van der Waals surface area contributed by atoms with Crippen molar-refractivity contribution in [1.29, 1.82) is 0 Å². The number of fused-ring (bicyclic) bond motifs is 1. The molecule has 1 heterocycles. The third kappa shape index (κ3) is 3.20. The van der Waals surface area contributed by atoms with Crippen LogP contribution < -0.4 is 14.8 Å². The van der Waals surface area contributed by atoms with Gasteiger partial charge in [0.25, 0.3) is 0 Å². The van der Waals surface area contributed by atoms with E-state index in [4.69, 9.17) is 9.47 Å². The molecule has 0 bridgehead atoms. The van der Waals surface area contributed by atoms with Gasteiger partial charge in [-0.25, -0.2) is 0 Å². The smallest absolute Gasteiger partial charge is 0.163 e. The van der Waals surface area contributed by atoms with Crippen LogP contribution in [0.25, 0.3) is 0 Å². The largest absolute Gasteiger partial charge is 0.490 e. The molecule has 1 aliphatic carbocycles. The van der Waals surface area contributed by atoms with Crippen molar-refractivity contribution >= 4 is 5.69 Å². The van der Waals surface area contributed by atoms with Gasteiger partial charge in [0, 0.05) is 24.2 Å². The zero-order valence-electron chi connectivity index (χ0n) is 12.4. The minimum atomic E-state index is 0.610. The molecule has 0 radical (unpaired) electrons. The molecule has 110 valence electrons. The molecule has 0 saturated heterocycles. The summed E-state index contributed by atoms with van der Waals surface area (Å²) in [5, 5.41) is 3.68. The second-order valence-electron chi connectivity index (χ2n) is 5.99. The molecule has 1 fully saturated rings. The lowest BCUT2D eigenvalue weighted by Gasteiger charge is -2.30. The summed E-state index contributed by atoms with van der Waals surface area (Å²) in [5.74, 6) is 2.65. The van der Waals surface area contributed by atoms with Gasteiger partial charge in [-0.1, -0.05) is 26.2 Å². The molecule has 0 aromatic heterocycles. The molecular formula is C17H25NO2. The number of nitrogens with one attached hydrogen (secondary N) is 1. The monoisotopic (exact) mass is 275 g/mol. The fourth-order valence-corrected chi connectivity index (χ4v) is 3.28. The average molecular weight is 275 g/mol. The molecular weight excluding hydrogens is 250 g/mol. The first-order valence-corrected chi connectivity index (χ1v) is 8.01. The standard InChI is InChI=1S/C17H25NO2/c1-2-13-5-3-6-14(11-13)18-15-7-8-16-17(12-15)20-10-4-9-19-16/h7-8,12-14,18H,2-6,9-11H2,1H3. The third-order valence-electron chi connectivity index (χ3n) is 4.48. The van der Waals surface area contributed by atoms with Crippen LogP contribution in [0.1, 0.15) is 45.4 Å². The Bertz CT molecular complexity index is 447. The number of benzene rings is 1. The molecule has 2 atom stereocenters. The number of hydrogen-bond donors (Lipinski definition) is 1. The van der Waals surface area contributed by atoms with Crippen LogP contribution in [0.5, 0.6) is 11.5 Å². The van der Waals surface area contributed by atoms with Crippen molar-refractivity contribution in [3.8, 4) is 11.5 Å². The SMILES string of the molecule is CCC1CCCC(Nc2ccc3c(c2)OCCCO3)C1. The highest BCUT2D eigenvalue weighted by Gasteiger charge is 2.21. The maximum Gasteiger partial charge on any atom is 0.163 e. The van der Waals surface area contributed by atoms with Crippen molar-refractivity contribution in [2.75, 3.05) is 18.5 Å². The molecule has 1 aromatic carbocycles. The van der Waals surface area contributed by atoms with Crippen molar-refractivity contribution < 1.29 is 9.47 Å². The number of ether oxygens (including phenoxy) is 2. The predicted molar refractivity (Wildman–Crippen MR) is 81.7 cm³/mol. The van der Waals surface area contributed by atoms with Crippen LogP contribution in [0, 0.1) is 5.92 Å². The molecule has 0 amide bonds. The van der Waals surface area contributed by atoms with E-state index in [1.807, 2.05) is 6.07 Å². The van der Waals surface area contributed by atoms with Crippen LogP contribution in [-0.4, -0.2) is 19.3 Å². The van der Waals surface area contributed by atoms with Gasteiger partial charge in [0.2, 0.25) is 0 Å². The maximum atomic E-state index is 5.76. The minimum Gasteiger partial charge on any atom is -0.490 e. The Morgan fingerprint density at radius 2 is 1.95 bits per heavy atom. The Hall–Kier alpha value is -1.38. The van der Waals surface area contributed by atoms with E-state index in [2.05, 4.69) is 24.4 Å². The molecule has 0 spiro atoms. The van der Waals surface area contributed by atoms with Gasteiger partial charge in [-0.05, 0) is 30.9 Å². The van der Waals surface area contributed by atoms with Gasteiger partial charge in [0.15, 0.2) is 11.5 Å². The quantitative estimate of drug-likeness (QED) is 0.895. The zero-order valence-corrected chi connectivity index (χ0v) is 12.4. The van der Waals surface area contributed by atoms with Gasteiger partial charge in [0.1, 0.15) is 0 Å². The molecule has 1 aliphatic heterocycles. The van der Waals surface area contributed by atoms with Crippen LogP contribution in [0.2, 0.25) is 0 Å². The van der Waals surface area contributed by atoms with Crippen LogP contribution in [0.4, 0.5) is 5.69 Å². The average Bonchev–Trinajstić information content (AvgIpc) is 2.72. The second-order valence-corrected chi connectivity index (χ2v) is 5.99. The molecule has 2 aliphatic rings. The Labute approximate surface area is 121 Å². The summed E-state index contributed by atoms with van der Waals surface area (Å²) >= 11 is 0. The predicted octanol–water partition coefficient (Wildman–Crippen LogP) is 4.23. The molecule has 1 aromatic rings. The molecule has 3 heteroatoms. The molecule has 1 N–H and O–H groups in total. The molecule has 2 unspecified atom stereocenters. The fourth-order valence-electron chi connectivity index (χ4n) is 3.28. The highest BCUT2D eigenvalue weighted by molar-refractivity contribution is 5.55. The Morgan fingerprint density at radius 1 is 1.10 bits per heavy atom. The first-order chi connectivity index (χ1) is 9.85. The summed E-state index contributed by atoms with van der Waals surface area (Å²) in [7, 11) is 0. The summed E-state index contributed by atoms with van der Waals surface area (Å²) in [6.07, 6.45) is 7.59. The number of hydrogen-bond acceptors (Lipinski definition) is 3. The van der Waals surface area contributed by atoms with Gasteiger partial charge < -0.3 is 14.8 Å². The van der Waals surface area contributed by atoms with Crippen LogP contribution in [-0.2, 0) is 0 Å². The highest BCUT2D eigenvalue weighted by atomic mass is 16.5. The maximum absolute atomic E-state index is 5.76. The number of rotatable bonds is 3. The first-order valence-electron chi connectivity index (χ1n) is 8.01. The summed E-state index contributed by atoms with van der Waals surface area (Å²) in [4.78, 5) is 0. The highest BCUT2D eigenvalue weighted by Crippen LogP contribution is 2.34. The van der Waals surface area contributed by atoms with E-state index in [0.717, 1.165) is 42.7 Å². The fraction of sp³-hybridized carbons (Fsp3) is 0.647. The summed E-state index contributed by atoms with van der Waals surface area (Å²) in [6, 6.07) is 6.85. The van der Waals surface area contributed by atoms with Crippen molar-refractivity contribution in [3.05, 3.63) is 18.2 Å². The summed E-state index contributed by atoms with van der Waals surface area (Å²) < 4.78 is 11.4. The van der Waals surface area contributed by atoms with Gasteiger partial charge in [-0.15, -0.1) is 0 Å². The Kier molecular flexibility index (Phi) is 4.34. The summed E-state index contributed by atoms with van der Waals surface area (Å²) in [5.41, 5.74) is 1.16. The van der Waals surface area contributed by atoms with Crippen molar-refractivity contribution in [2.45, 2.75) is 51.5 Å². The van der Waals surface area contributed by atoms with Crippen LogP contribution in [0.15, 0.2) is 18.2 Å². The van der Waals surface area contributed by atoms with Gasteiger partial charge >= 0.3 is 0 Å². The normalized spacial score (nSPS) is 25.9. The van der Waals surface area contributed by atoms with E-state index in [1.165, 1.54) is 32.1 Å². The van der Waals surface area contributed by atoms with E-state index in [0.29, 0.717) is 6.04 Å². The Morgan fingerprint density at radius 3 is 2.80 bits per heavy atom. The third-order valence-corrected chi connectivity index (χ3v) is 4.48. The molecule has 3 rings (SSSR count). The van der Waals surface area contributed by atoms with E-state index < -0.39 is 0 Å². The van der Waals surface area contributed by atoms with E-state index in [1.54, 1.807) is 0 Å². The molecule has 1 saturated carbocycles. The van der Waals surface area contributed by atoms with E-state index >= 15 is 0 Å². The molecule has 3 nitrogen and oxygen atoms in total. The summed E-state index contributed by atoms with van der Waals surface area (Å²) in [6.45, 7) is 3.80.